The highest BCUT2D eigenvalue weighted by molar-refractivity contribution is 9.10. The summed E-state index contributed by atoms with van der Waals surface area (Å²) in [4.78, 5) is 16.4. The number of carbonyl (C=O) groups is 1. The quantitative estimate of drug-likeness (QED) is 0.948. The van der Waals surface area contributed by atoms with Crippen LogP contribution in [0.5, 0.6) is 0 Å². The van der Waals surface area contributed by atoms with Crippen LogP contribution in [0.3, 0.4) is 0 Å². The van der Waals surface area contributed by atoms with Gasteiger partial charge in [-0.1, -0.05) is 0 Å². The highest BCUT2D eigenvalue weighted by atomic mass is 79.9. The zero-order chi connectivity index (χ0) is 11.5. The molecule has 0 bridgehead atoms. The second-order valence-electron chi connectivity index (χ2n) is 3.14. The first-order chi connectivity index (χ1) is 7.66. The van der Waals surface area contributed by atoms with E-state index < -0.39 is 0 Å². The number of rotatable bonds is 3. The maximum Gasteiger partial charge on any atom is 0.262 e. The SMILES string of the molecule is Cc1cnc(CNC(=O)c2sccc2Br)o1. The number of amides is 1. The van der Waals surface area contributed by atoms with Crippen molar-refractivity contribution in [1.29, 1.82) is 0 Å². The standard InChI is InChI=1S/C10H9BrN2O2S/c1-6-4-12-8(15-6)5-13-10(14)9-7(11)2-3-16-9/h2-4H,5H2,1H3,(H,13,14). The Morgan fingerprint density at radius 2 is 2.50 bits per heavy atom. The fourth-order valence-electron chi connectivity index (χ4n) is 1.18. The highest BCUT2D eigenvalue weighted by Gasteiger charge is 2.11. The summed E-state index contributed by atoms with van der Waals surface area (Å²) in [6.07, 6.45) is 1.63. The van der Waals surface area contributed by atoms with E-state index in [2.05, 4.69) is 26.2 Å². The zero-order valence-electron chi connectivity index (χ0n) is 8.49. The van der Waals surface area contributed by atoms with Crippen LogP contribution in [0.15, 0.2) is 26.5 Å². The Kier molecular flexibility index (Phi) is 3.40. The second kappa shape index (κ2) is 4.80. The number of nitrogens with one attached hydrogen (secondary N) is 1. The molecule has 0 atom stereocenters. The van der Waals surface area contributed by atoms with Crippen LogP contribution in [0, 0.1) is 6.92 Å². The van der Waals surface area contributed by atoms with Gasteiger partial charge in [-0.2, -0.15) is 0 Å². The van der Waals surface area contributed by atoms with Crippen molar-refractivity contribution in [2.75, 3.05) is 0 Å². The topological polar surface area (TPSA) is 55.1 Å². The number of halogens is 1. The van der Waals surface area contributed by atoms with E-state index in [1.54, 1.807) is 6.20 Å². The molecule has 0 spiro atoms. The first kappa shape index (κ1) is 11.3. The van der Waals surface area contributed by atoms with Gasteiger partial charge in [0.05, 0.1) is 12.7 Å². The number of nitrogens with zero attached hydrogens (tertiary/aromatic N) is 1. The fraction of sp³-hybridized carbons (Fsp3) is 0.200. The molecule has 0 fully saturated rings. The Hall–Kier alpha value is -1.14. The van der Waals surface area contributed by atoms with E-state index in [1.807, 2.05) is 18.4 Å². The molecular weight excluding hydrogens is 292 g/mol. The van der Waals surface area contributed by atoms with E-state index in [-0.39, 0.29) is 5.91 Å². The van der Waals surface area contributed by atoms with Crippen LogP contribution in [-0.4, -0.2) is 10.9 Å². The Morgan fingerprint density at radius 1 is 1.69 bits per heavy atom. The van der Waals surface area contributed by atoms with Crippen LogP contribution in [0.4, 0.5) is 0 Å². The lowest BCUT2D eigenvalue weighted by Gasteiger charge is -2.00. The van der Waals surface area contributed by atoms with Gasteiger partial charge in [0.1, 0.15) is 10.6 Å². The fourth-order valence-corrected chi connectivity index (χ4v) is 2.64. The summed E-state index contributed by atoms with van der Waals surface area (Å²) in [6, 6.07) is 1.84. The van der Waals surface area contributed by atoms with Gasteiger partial charge in [-0.15, -0.1) is 11.3 Å². The van der Waals surface area contributed by atoms with Crippen molar-refractivity contribution in [2.45, 2.75) is 13.5 Å². The summed E-state index contributed by atoms with van der Waals surface area (Å²) in [7, 11) is 0. The maximum absolute atomic E-state index is 11.7. The summed E-state index contributed by atoms with van der Waals surface area (Å²) in [5.74, 6) is 1.12. The Bertz CT molecular complexity index is 506. The third kappa shape index (κ3) is 2.51. The van der Waals surface area contributed by atoms with Gasteiger partial charge >= 0.3 is 0 Å². The van der Waals surface area contributed by atoms with Crippen molar-refractivity contribution < 1.29 is 9.21 Å². The molecule has 2 aromatic rings. The molecule has 0 saturated carbocycles. The normalized spacial score (nSPS) is 10.4. The minimum Gasteiger partial charge on any atom is -0.444 e. The Labute approximate surface area is 105 Å². The molecule has 0 aliphatic carbocycles. The number of thiophene rings is 1. The molecule has 2 aromatic heterocycles. The van der Waals surface area contributed by atoms with Gasteiger partial charge in [-0.05, 0) is 34.3 Å². The van der Waals surface area contributed by atoms with Gasteiger partial charge in [-0.3, -0.25) is 4.79 Å². The molecule has 2 rings (SSSR count). The highest BCUT2D eigenvalue weighted by Crippen LogP contribution is 2.22. The van der Waals surface area contributed by atoms with Crippen LogP contribution in [0.25, 0.3) is 0 Å². The average Bonchev–Trinajstić information content (AvgIpc) is 2.84. The van der Waals surface area contributed by atoms with Crippen LogP contribution in [0.1, 0.15) is 21.3 Å². The minimum atomic E-state index is -0.127. The number of hydrogen-bond acceptors (Lipinski definition) is 4. The number of hydrogen-bond donors (Lipinski definition) is 1. The zero-order valence-corrected chi connectivity index (χ0v) is 10.9. The van der Waals surface area contributed by atoms with Crippen LogP contribution in [0.2, 0.25) is 0 Å². The summed E-state index contributed by atoms with van der Waals surface area (Å²) in [5, 5.41) is 4.60. The minimum absolute atomic E-state index is 0.127. The predicted molar refractivity (Wildman–Crippen MR) is 64.4 cm³/mol. The largest absolute Gasteiger partial charge is 0.444 e. The van der Waals surface area contributed by atoms with Crippen LogP contribution in [-0.2, 0) is 6.54 Å². The number of aryl methyl sites for hydroxylation is 1. The second-order valence-corrected chi connectivity index (χ2v) is 4.92. The van der Waals surface area contributed by atoms with Gasteiger partial charge in [0.2, 0.25) is 5.89 Å². The number of aromatic nitrogens is 1. The van der Waals surface area contributed by atoms with Crippen molar-refractivity contribution in [3.05, 3.63) is 38.6 Å². The number of oxazole rings is 1. The van der Waals surface area contributed by atoms with E-state index in [4.69, 9.17) is 4.42 Å². The predicted octanol–water partition coefficient (Wildman–Crippen LogP) is 2.74. The number of carbonyl (C=O) groups excluding carboxylic acids is 1. The molecule has 1 N–H and O–H groups in total. The molecular formula is C10H9BrN2O2S. The lowest BCUT2D eigenvalue weighted by molar-refractivity contribution is 0.0950. The molecule has 0 aromatic carbocycles. The summed E-state index contributed by atoms with van der Waals surface area (Å²) >= 11 is 4.70. The molecule has 0 radical (unpaired) electrons. The first-order valence-electron chi connectivity index (χ1n) is 4.59. The van der Waals surface area contributed by atoms with E-state index in [0.29, 0.717) is 17.3 Å². The monoisotopic (exact) mass is 300 g/mol. The molecule has 2 heterocycles. The Morgan fingerprint density at radius 3 is 3.06 bits per heavy atom. The molecule has 1 amide bonds. The van der Waals surface area contributed by atoms with E-state index >= 15 is 0 Å². The molecule has 0 unspecified atom stereocenters. The van der Waals surface area contributed by atoms with Crippen molar-refractivity contribution >= 4 is 33.2 Å². The van der Waals surface area contributed by atoms with Crippen molar-refractivity contribution in [3.8, 4) is 0 Å². The summed E-state index contributed by atoms with van der Waals surface area (Å²) in [5.41, 5.74) is 0. The lowest BCUT2D eigenvalue weighted by atomic mass is 10.4. The van der Waals surface area contributed by atoms with Crippen molar-refractivity contribution in [2.24, 2.45) is 0 Å². The summed E-state index contributed by atoms with van der Waals surface area (Å²) in [6.45, 7) is 2.12. The average molecular weight is 301 g/mol. The molecule has 0 saturated heterocycles. The van der Waals surface area contributed by atoms with Gasteiger partial charge in [0, 0.05) is 4.47 Å². The molecule has 6 heteroatoms. The van der Waals surface area contributed by atoms with Gasteiger partial charge in [0.15, 0.2) is 0 Å². The van der Waals surface area contributed by atoms with E-state index in [9.17, 15) is 4.79 Å². The van der Waals surface area contributed by atoms with Crippen LogP contribution < -0.4 is 5.32 Å². The molecule has 0 aliphatic rings. The molecule has 4 nitrogen and oxygen atoms in total. The van der Waals surface area contributed by atoms with Crippen LogP contribution >= 0.6 is 27.3 Å². The smallest absolute Gasteiger partial charge is 0.262 e. The lowest BCUT2D eigenvalue weighted by Crippen LogP contribution is -2.22. The van der Waals surface area contributed by atoms with Crippen molar-refractivity contribution in [3.63, 3.8) is 0 Å². The van der Waals surface area contributed by atoms with Gasteiger partial charge < -0.3 is 9.73 Å². The summed E-state index contributed by atoms with van der Waals surface area (Å²) < 4.78 is 6.05. The molecule has 84 valence electrons. The molecule has 16 heavy (non-hydrogen) atoms. The van der Waals surface area contributed by atoms with Crippen molar-refractivity contribution in [1.82, 2.24) is 10.3 Å². The van der Waals surface area contributed by atoms with Gasteiger partial charge in [-0.25, -0.2) is 4.98 Å². The van der Waals surface area contributed by atoms with E-state index in [0.717, 1.165) is 10.2 Å². The maximum atomic E-state index is 11.7. The van der Waals surface area contributed by atoms with Gasteiger partial charge in [0.25, 0.3) is 5.91 Å². The Balaban J connectivity index is 1.96. The third-order valence-electron chi connectivity index (χ3n) is 1.89. The molecule has 0 aliphatic heterocycles. The van der Waals surface area contributed by atoms with E-state index in [1.165, 1.54) is 11.3 Å². The third-order valence-corrected chi connectivity index (χ3v) is 3.73. The first-order valence-corrected chi connectivity index (χ1v) is 6.26.